The molecule has 0 heterocycles. The highest BCUT2D eigenvalue weighted by atomic mass is 14.4. The van der Waals surface area contributed by atoms with Crippen molar-refractivity contribution in [3.63, 3.8) is 0 Å². The van der Waals surface area contributed by atoms with E-state index in [0.29, 0.717) is 0 Å². The van der Waals surface area contributed by atoms with Crippen LogP contribution >= 0.6 is 0 Å². The molecule has 258 valence electrons. The second-order valence-electron chi connectivity index (χ2n) is 15.6. The standard InChI is InChI=1S/C55H38/c1-55(2)49-30-27-37-18-9-11-21-43(37)53(49)47-28-26-39(34-50(47)55)41-31-40(35-15-5-3-6-16-35)32-42(33-41)52-46-24-14-13-23-45(46)51(38-19-7-4-8-20-38)48-29-25-36-17-10-12-22-44(36)54(48)52/h3-34H,1-2H3. The summed E-state index contributed by atoms with van der Waals surface area (Å²) in [6, 6.07) is 72.3. The van der Waals surface area contributed by atoms with Crippen LogP contribution in [0.4, 0.5) is 0 Å². The van der Waals surface area contributed by atoms with Crippen LogP contribution in [0.25, 0.3) is 98.7 Å². The van der Waals surface area contributed by atoms with Crippen molar-refractivity contribution in [2.75, 3.05) is 0 Å². The van der Waals surface area contributed by atoms with Gasteiger partial charge in [0.1, 0.15) is 0 Å². The smallest absolute Gasteiger partial charge is 0.0159 e. The Morgan fingerprint density at radius 3 is 1.56 bits per heavy atom. The average molecular weight is 699 g/mol. The van der Waals surface area contributed by atoms with Crippen molar-refractivity contribution < 1.29 is 0 Å². The fraction of sp³-hybridized carbons (Fsp3) is 0.0545. The van der Waals surface area contributed by atoms with Gasteiger partial charge in [-0.1, -0.05) is 184 Å². The normalized spacial score (nSPS) is 13.1. The SMILES string of the molecule is CC1(C)c2cc(-c3cc(-c4ccccc4)cc(-c4c5ccccc5c(-c5ccccc5)c5ccc6ccccc6c45)c3)ccc2-c2c1ccc1ccccc21. The quantitative estimate of drug-likeness (QED) is 0.127. The Morgan fingerprint density at radius 2 is 0.836 bits per heavy atom. The lowest BCUT2D eigenvalue weighted by Gasteiger charge is -2.23. The van der Waals surface area contributed by atoms with Gasteiger partial charge in [0.25, 0.3) is 0 Å². The van der Waals surface area contributed by atoms with E-state index in [0.717, 1.165) is 0 Å². The van der Waals surface area contributed by atoms with E-state index in [1.165, 1.54) is 110 Å². The summed E-state index contributed by atoms with van der Waals surface area (Å²) in [6.45, 7) is 4.78. The monoisotopic (exact) mass is 698 g/mol. The molecule has 0 aromatic heterocycles. The van der Waals surface area contributed by atoms with E-state index >= 15 is 0 Å². The molecule has 10 aromatic rings. The van der Waals surface area contributed by atoms with Gasteiger partial charge < -0.3 is 0 Å². The molecular formula is C55H38. The summed E-state index contributed by atoms with van der Waals surface area (Å²) >= 11 is 0. The molecule has 11 rings (SSSR count). The molecule has 0 aliphatic heterocycles. The fourth-order valence-electron chi connectivity index (χ4n) is 9.59. The minimum atomic E-state index is -0.122. The Bertz CT molecular complexity index is 3150. The van der Waals surface area contributed by atoms with Gasteiger partial charge in [-0.25, -0.2) is 0 Å². The number of hydrogen-bond donors (Lipinski definition) is 0. The van der Waals surface area contributed by atoms with E-state index in [1.807, 2.05) is 0 Å². The highest BCUT2D eigenvalue weighted by molar-refractivity contribution is 6.28. The maximum absolute atomic E-state index is 2.47. The largest absolute Gasteiger partial charge is 0.0622 e. The first-order valence-electron chi connectivity index (χ1n) is 19.3. The lowest BCUT2D eigenvalue weighted by Crippen LogP contribution is -2.15. The lowest BCUT2D eigenvalue weighted by molar-refractivity contribution is 0.661. The van der Waals surface area contributed by atoms with Crippen LogP contribution in [0.3, 0.4) is 0 Å². The summed E-state index contributed by atoms with van der Waals surface area (Å²) in [7, 11) is 0. The van der Waals surface area contributed by atoms with Gasteiger partial charge in [-0.15, -0.1) is 0 Å². The van der Waals surface area contributed by atoms with Gasteiger partial charge in [0, 0.05) is 5.41 Å². The maximum Gasteiger partial charge on any atom is 0.0159 e. The second-order valence-corrected chi connectivity index (χ2v) is 15.6. The molecule has 0 fully saturated rings. The topological polar surface area (TPSA) is 0 Å². The minimum Gasteiger partial charge on any atom is -0.0622 e. The van der Waals surface area contributed by atoms with Crippen LogP contribution in [-0.2, 0) is 5.41 Å². The molecule has 0 atom stereocenters. The van der Waals surface area contributed by atoms with Crippen molar-refractivity contribution >= 4 is 43.1 Å². The third-order valence-electron chi connectivity index (χ3n) is 12.2. The average Bonchev–Trinajstić information content (AvgIpc) is 3.48. The van der Waals surface area contributed by atoms with Crippen molar-refractivity contribution in [3.05, 3.63) is 205 Å². The summed E-state index contributed by atoms with van der Waals surface area (Å²) in [4.78, 5) is 0. The Labute approximate surface area is 322 Å². The molecule has 0 amide bonds. The van der Waals surface area contributed by atoms with Gasteiger partial charge in [-0.2, -0.15) is 0 Å². The zero-order valence-corrected chi connectivity index (χ0v) is 31.0. The summed E-state index contributed by atoms with van der Waals surface area (Å²) in [5, 5.41) is 10.2. The van der Waals surface area contributed by atoms with Crippen molar-refractivity contribution in [2.45, 2.75) is 19.3 Å². The Morgan fingerprint density at radius 1 is 0.291 bits per heavy atom. The number of benzene rings is 10. The van der Waals surface area contributed by atoms with Crippen LogP contribution in [0.5, 0.6) is 0 Å². The van der Waals surface area contributed by atoms with Crippen LogP contribution in [-0.4, -0.2) is 0 Å². The molecule has 0 N–H and O–H groups in total. The molecule has 0 saturated carbocycles. The van der Waals surface area contributed by atoms with Crippen LogP contribution in [0.15, 0.2) is 194 Å². The first kappa shape index (κ1) is 31.7. The molecule has 0 bridgehead atoms. The van der Waals surface area contributed by atoms with E-state index in [1.54, 1.807) is 0 Å². The fourth-order valence-corrected chi connectivity index (χ4v) is 9.59. The summed E-state index contributed by atoms with van der Waals surface area (Å²) in [6.07, 6.45) is 0. The van der Waals surface area contributed by atoms with Gasteiger partial charge in [0.05, 0.1) is 0 Å². The molecule has 0 radical (unpaired) electrons. The van der Waals surface area contributed by atoms with Crippen LogP contribution in [0.1, 0.15) is 25.0 Å². The molecule has 0 heteroatoms. The van der Waals surface area contributed by atoms with E-state index in [-0.39, 0.29) is 5.41 Å². The maximum atomic E-state index is 2.47. The summed E-state index contributed by atoms with van der Waals surface area (Å²) < 4.78 is 0. The zero-order chi connectivity index (χ0) is 36.7. The van der Waals surface area contributed by atoms with E-state index in [4.69, 9.17) is 0 Å². The van der Waals surface area contributed by atoms with Crippen LogP contribution in [0.2, 0.25) is 0 Å². The predicted molar refractivity (Wildman–Crippen MR) is 236 cm³/mol. The van der Waals surface area contributed by atoms with Crippen LogP contribution in [0, 0.1) is 0 Å². The van der Waals surface area contributed by atoms with Gasteiger partial charge in [-0.05, 0) is 134 Å². The second kappa shape index (κ2) is 12.1. The van der Waals surface area contributed by atoms with Crippen molar-refractivity contribution in [1.82, 2.24) is 0 Å². The molecule has 0 nitrogen and oxygen atoms in total. The molecule has 10 aromatic carbocycles. The van der Waals surface area contributed by atoms with Gasteiger partial charge >= 0.3 is 0 Å². The van der Waals surface area contributed by atoms with Crippen molar-refractivity contribution in [3.8, 4) is 55.6 Å². The van der Waals surface area contributed by atoms with Crippen LogP contribution < -0.4 is 0 Å². The molecule has 0 saturated heterocycles. The van der Waals surface area contributed by atoms with E-state index in [2.05, 4.69) is 208 Å². The molecular weight excluding hydrogens is 661 g/mol. The predicted octanol–water partition coefficient (Wildman–Crippen LogP) is 15.3. The van der Waals surface area contributed by atoms with E-state index in [9.17, 15) is 0 Å². The molecule has 0 unspecified atom stereocenters. The molecule has 55 heavy (non-hydrogen) atoms. The number of hydrogen-bond acceptors (Lipinski definition) is 0. The Hall–Kier alpha value is -6.76. The van der Waals surface area contributed by atoms with Crippen molar-refractivity contribution in [1.29, 1.82) is 0 Å². The number of rotatable bonds is 4. The van der Waals surface area contributed by atoms with Gasteiger partial charge in [-0.3, -0.25) is 0 Å². The molecule has 1 aliphatic rings. The Balaban J connectivity index is 1.22. The van der Waals surface area contributed by atoms with Gasteiger partial charge in [0.15, 0.2) is 0 Å². The number of fused-ring (bicyclic) bond motifs is 9. The lowest BCUT2D eigenvalue weighted by atomic mass is 9.80. The minimum absolute atomic E-state index is 0.122. The third-order valence-corrected chi connectivity index (χ3v) is 12.2. The Kier molecular flexibility index (Phi) is 7.00. The van der Waals surface area contributed by atoms with Gasteiger partial charge in [0.2, 0.25) is 0 Å². The third kappa shape index (κ3) is 4.85. The first-order chi connectivity index (χ1) is 27.0. The zero-order valence-electron chi connectivity index (χ0n) is 31.0. The summed E-state index contributed by atoms with van der Waals surface area (Å²) in [5.41, 5.74) is 15.3. The highest BCUT2D eigenvalue weighted by Gasteiger charge is 2.36. The van der Waals surface area contributed by atoms with E-state index < -0.39 is 0 Å². The first-order valence-corrected chi connectivity index (χ1v) is 19.3. The highest BCUT2D eigenvalue weighted by Crippen LogP contribution is 2.53. The van der Waals surface area contributed by atoms with Crippen molar-refractivity contribution in [2.24, 2.45) is 0 Å². The molecule has 0 spiro atoms. The molecule has 1 aliphatic carbocycles. The summed E-state index contributed by atoms with van der Waals surface area (Å²) in [5.74, 6) is 0.